The van der Waals surface area contributed by atoms with E-state index in [0.717, 1.165) is 4.90 Å². The van der Waals surface area contributed by atoms with E-state index >= 15 is 0 Å². The fraction of sp³-hybridized carbons (Fsp3) is 0.286. The van der Waals surface area contributed by atoms with E-state index in [4.69, 9.17) is 0 Å². The number of aliphatic imine (C=N–C) groups is 1. The molecule has 0 aromatic heterocycles. The van der Waals surface area contributed by atoms with Crippen molar-refractivity contribution in [3.8, 4) is 0 Å². The van der Waals surface area contributed by atoms with Gasteiger partial charge in [0, 0.05) is 11.5 Å². The molecule has 0 bridgehead atoms. The van der Waals surface area contributed by atoms with Crippen LogP contribution in [0.25, 0.3) is 0 Å². The molecule has 0 fully saturated rings. The normalized spacial score (nSPS) is 19.4. The highest BCUT2D eigenvalue weighted by Crippen LogP contribution is 2.39. The van der Waals surface area contributed by atoms with Crippen molar-refractivity contribution in [3.63, 3.8) is 0 Å². The Morgan fingerprint density at radius 2 is 1.62 bits per heavy atom. The first-order valence-electron chi connectivity index (χ1n) is 9.05. The number of amidine groups is 1. The first-order valence-corrected chi connectivity index (χ1v) is 9.05. The molecule has 0 spiro atoms. The fourth-order valence-corrected chi connectivity index (χ4v) is 2.94. The summed E-state index contributed by atoms with van der Waals surface area (Å²) in [5, 5.41) is 1.85. The third-order valence-corrected chi connectivity index (χ3v) is 4.54. The summed E-state index contributed by atoms with van der Waals surface area (Å²) in [5.41, 5.74) is -2.37. The highest BCUT2D eigenvalue weighted by molar-refractivity contribution is 6.16. The van der Waals surface area contributed by atoms with E-state index in [1.807, 2.05) is 5.32 Å². The van der Waals surface area contributed by atoms with Gasteiger partial charge in [0.05, 0.1) is 6.54 Å². The van der Waals surface area contributed by atoms with Gasteiger partial charge in [-0.25, -0.2) is 4.99 Å². The number of rotatable bonds is 5. The molecule has 1 atom stereocenters. The summed E-state index contributed by atoms with van der Waals surface area (Å²) in [6.07, 6.45) is -5.11. The van der Waals surface area contributed by atoms with E-state index in [1.54, 1.807) is 60.7 Å². The molecule has 8 heteroatoms. The number of nitrogens with one attached hydrogen (secondary N) is 1. The third kappa shape index (κ3) is 3.87. The van der Waals surface area contributed by atoms with Crippen LogP contribution < -0.4 is 5.32 Å². The Labute approximate surface area is 166 Å². The Bertz CT molecular complexity index is 927. The number of nitrogens with zero attached hydrogens (tertiary/aromatic N) is 2. The summed E-state index contributed by atoms with van der Waals surface area (Å²) < 4.78 is 42.4. The molecule has 1 N–H and O–H groups in total. The van der Waals surface area contributed by atoms with Gasteiger partial charge in [-0.2, -0.15) is 13.2 Å². The maximum Gasteiger partial charge on any atom is 0.442 e. The van der Waals surface area contributed by atoms with Crippen molar-refractivity contribution in [2.75, 3.05) is 0 Å². The molecule has 0 saturated carbocycles. The molecule has 1 heterocycles. The van der Waals surface area contributed by atoms with Gasteiger partial charge in [0.1, 0.15) is 5.84 Å². The predicted octanol–water partition coefficient (Wildman–Crippen LogP) is 3.51. The second-order valence-electron chi connectivity index (χ2n) is 7.03. The molecule has 1 unspecified atom stereocenters. The van der Waals surface area contributed by atoms with E-state index in [9.17, 15) is 22.8 Å². The summed E-state index contributed by atoms with van der Waals surface area (Å²) in [5.74, 6) is -3.13. The Kier molecular flexibility index (Phi) is 5.46. The molecule has 3 rings (SSSR count). The maximum absolute atomic E-state index is 14.1. The lowest BCUT2D eigenvalue weighted by Gasteiger charge is -2.29. The number of carbonyl (C=O) groups is 2. The lowest BCUT2D eigenvalue weighted by molar-refractivity contribution is -0.200. The van der Waals surface area contributed by atoms with E-state index in [1.165, 1.54) is 13.8 Å². The maximum atomic E-state index is 14.1. The first kappa shape index (κ1) is 20.6. The SMILES string of the molecule is CC(C)C(=O)NC1(C(F)(F)F)N=C(c2ccccc2)N(Cc2ccccc2)C1=O. The molecular formula is C21H20F3N3O2. The van der Waals surface area contributed by atoms with E-state index in [2.05, 4.69) is 4.99 Å². The molecule has 0 aliphatic carbocycles. The average Bonchev–Trinajstić information content (AvgIpc) is 2.96. The number of alkyl halides is 3. The number of hydrogen-bond acceptors (Lipinski definition) is 3. The van der Waals surface area contributed by atoms with Gasteiger partial charge in [-0.3, -0.25) is 14.5 Å². The van der Waals surface area contributed by atoms with E-state index in [0.29, 0.717) is 11.1 Å². The standard InChI is InChI=1S/C21H20F3N3O2/c1-14(2)18(28)26-20(21(22,23)24)19(29)27(13-15-9-5-3-6-10-15)17(25-20)16-11-7-4-8-12-16/h3-12,14H,13H2,1-2H3,(H,26,28). The Morgan fingerprint density at radius 3 is 2.14 bits per heavy atom. The summed E-state index contributed by atoms with van der Waals surface area (Å²) in [6, 6.07) is 16.8. The largest absolute Gasteiger partial charge is 0.442 e. The Balaban J connectivity index is 2.13. The molecule has 2 amide bonds. The van der Waals surface area contributed by atoms with Crippen molar-refractivity contribution in [2.24, 2.45) is 10.9 Å². The zero-order valence-corrected chi connectivity index (χ0v) is 15.9. The zero-order chi connectivity index (χ0) is 21.2. The molecular weight excluding hydrogens is 383 g/mol. The number of benzene rings is 2. The lowest BCUT2D eigenvalue weighted by Crippen LogP contribution is -2.63. The van der Waals surface area contributed by atoms with Crippen LogP contribution in [0.2, 0.25) is 0 Å². The minimum Gasteiger partial charge on any atom is -0.316 e. The summed E-state index contributed by atoms with van der Waals surface area (Å²) >= 11 is 0. The van der Waals surface area contributed by atoms with Crippen molar-refractivity contribution in [2.45, 2.75) is 32.2 Å². The van der Waals surface area contributed by atoms with Crippen LogP contribution in [-0.2, 0) is 16.1 Å². The molecule has 0 radical (unpaired) electrons. The lowest BCUT2D eigenvalue weighted by atomic mass is 10.1. The minimum atomic E-state index is -5.11. The minimum absolute atomic E-state index is 0.108. The van der Waals surface area contributed by atoms with Crippen LogP contribution in [0.4, 0.5) is 13.2 Å². The smallest absolute Gasteiger partial charge is 0.316 e. The topological polar surface area (TPSA) is 61.8 Å². The van der Waals surface area contributed by atoms with Gasteiger partial charge in [-0.15, -0.1) is 0 Å². The van der Waals surface area contributed by atoms with Gasteiger partial charge in [0.2, 0.25) is 5.91 Å². The van der Waals surface area contributed by atoms with Crippen molar-refractivity contribution >= 4 is 17.6 Å². The average molecular weight is 403 g/mol. The molecule has 0 saturated heterocycles. The number of amides is 2. The molecule has 1 aliphatic rings. The molecule has 29 heavy (non-hydrogen) atoms. The summed E-state index contributed by atoms with van der Waals surface area (Å²) in [7, 11) is 0. The van der Waals surface area contributed by atoms with Gasteiger partial charge >= 0.3 is 11.8 Å². The van der Waals surface area contributed by atoms with Gasteiger partial charge in [-0.05, 0) is 5.56 Å². The van der Waals surface area contributed by atoms with Crippen molar-refractivity contribution in [1.82, 2.24) is 10.2 Å². The molecule has 2 aromatic rings. The second-order valence-corrected chi connectivity index (χ2v) is 7.03. The van der Waals surface area contributed by atoms with Crippen molar-refractivity contribution in [3.05, 3.63) is 71.8 Å². The van der Waals surface area contributed by atoms with E-state index < -0.39 is 29.6 Å². The molecule has 2 aromatic carbocycles. The van der Waals surface area contributed by atoms with Crippen LogP contribution in [0.5, 0.6) is 0 Å². The van der Waals surface area contributed by atoms with Crippen LogP contribution in [0, 0.1) is 5.92 Å². The van der Waals surface area contributed by atoms with Crippen LogP contribution in [0.15, 0.2) is 65.7 Å². The fourth-order valence-electron chi connectivity index (χ4n) is 2.94. The van der Waals surface area contributed by atoms with E-state index in [-0.39, 0.29) is 12.4 Å². The quantitative estimate of drug-likeness (QED) is 0.831. The Morgan fingerprint density at radius 1 is 1.07 bits per heavy atom. The zero-order valence-electron chi connectivity index (χ0n) is 15.9. The highest BCUT2D eigenvalue weighted by Gasteiger charge is 2.67. The van der Waals surface area contributed by atoms with Crippen LogP contribution >= 0.6 is 0 Å². The van der Waals surface area contributed by atoms with Gasteiger partial charge in [0.25, 0.3) is 5.91 Å². The van der Waals surface area contributed by atoms with Gasteiger partial charge < -0.3 is 5.32 Å². The highest BCUT2D eigenvalue weighted by atomic mass is 19.4. The van der Waals surface area contributed by atoms with Crippen molar-refractivity contribution < 1.29 is 22.8 Å². The molecule has 5 nitrogen and oxygen atoms in total. The number of carbonyl (C=O) groups excluding carboxylic acids is 2. The van der Waals surface area contributed by atoms with Crippen LogP contribution in [0.1, 0.15) is 25.0 Å². The second kappa shape index (κ2) is 7.69. The van der Waals surface area contributed by atoms with Crippen LogP contribution in [0.3, 0.4) is 0 Å². The number of halogens is 3. The van der Waals surface area contributed by atoms with Gasteiger partial charge in [-0.1, -0.05) is 74.5 Å². The van der Waals surface area contributed by atoms with Crippen LogP contribution in [-0.4, -0.2) is 34.4 Å². The summed E-state index contributed by atoms with van der Waals surface area (Å²) in [4.78, 5) is 30.0. The Hall–Kier alpha value is -3.16. The molecule has 152 valence electrons. The van der Waals surface area contributed by atoms with Gasteiger partial charge in [0.15, 0.2) is 0 Å². The summed E-state index contributed by atoms with van der Waals surface area (Å²) in [6.45, 7) is 2.79. The third-order valence-electron chi connectivity index (χ3n) is 4.54. The van der Waals surface area contributed by atoms with Crippen molar-refractivity contribution in [1.29, 1.82) is 0 Å². The number of hydrogen-bond donors (Lipinski definition) is 1. The molecule has 1 aliphatic heterocycles. The first-order chi connectivity index (χ1) is 13.7. The monoisotopic (exact) mass is 403 g/mol. The predicted molar refractivity (Wildman–Crippen MR) is 102 cm³/mol.